The number of guanidine groups is 1. The Morgan fingerprint density at radius 1 is 1.33 bits per heavy atom. The first-order chi connectivity index (χ1) is 12.7. The zero-order valence-corrected chi connectivity index (χ0v) is 18.4. The van der Waals surface area contributed by atoms with Gasteiger partial charge >= 0.3 is 0 Å². The van der Waals surface area contributed by atoms with Gasteiger partial charge in [-0.15, -0.1) is 24.0 Å². The molecule has 1 aliphatic heterocycles. The van der Waals surface area contributed by atoms with Crippen molar-refractivity contribution >= 4 is 41.5 Å². The van der Waals surface area contributed by atoms with E-state index in [-0.39, 0.29) is 29.9 Å². The molecule has 0 spiro atoms. The Morgan fingerprint density at radius 3 is 2.85 bits per heavy atom. The lowest BCUT2D eigenvalue weighted by Gasteiger charge is -2.26. The molecular weight excluding hydrogens is 457 g/mol. The van der Waals surface area contributed by atoms with Crippen LogP contribution >= 0.6 is 24.0 Å². The Kier molecular flexibility index (Phi) is 12.0. The molecule has 152 valence electrons. The smallest absolute Gasteiger partial charge is 0.224 e. The molecule has 0 aliphatic carbocycles. The van der Waals surface area contributed by atoms with Gasteiger partial charge in [0.1, 0.15) is 0 Å². The van der Waals surface area contributed by atoms with E-state index in [2.05, 4.69) is 20.5 Å². The molecule has 0 atom stereocenters. The summed E-state index contributed by atoms with van der Waals surface area (Å²) in [6.45, 7) is 8.00. The number of halogens is 1. The lowest BCUT2D eigenvalue weighted by atomic mass is 10.2. The molecular formula is C19H32IN5O2. The zero-order valence-electron chi connectivity index (χ0n) is 16.1. The molecule has 1 saturated heterocycles. The second-order valence-electron chi connectivity index (χ2n) is 6.43. The highest BCUT2D eigenvalue weighted by Gasteiger charge is 2.09. The summed E-state index contributed by atoms with van der Waals surface area (Å²) in [4.78, 5) is 18.4. The highest BCUT2D eigenvalue weighted by Crippen LogP contribution is 2.12. The van der Waals surface area contributed by atoms with E-state index in [4.69, 9.17) is 10.5 Å². The van der Waals surface area contributed by atoms with Crippen molar-refractivity contribution in [2.75, 3.05) is 44.7 Å². The summed E-state index contributed by atoms with van der Waals surface area (Å²) < 4.78 is 5.34. The standard InChI is InChI=1S/C19H31N5O2.HI/c1-2-5-18(25)23-17-7-3-6-16(14-17)15-22-19(20)21-8-4-9-24-10-12-26-13-11-24;/h3,6-7,14H,2,4-5,8-13,15H2,1H3,(H,23,25)(H3,20,21,22);1H. The maximum absolute atomic E-state index is 11.7. The van der Waals surface area contributed by atoms with E-state index in [0.29, 0.717) is 18.9 Å². The molecule has 4 N–H and O–H groups in total. The highest BCUT2D eigenvalue weighted by molar-refractivity contribution is 14.0. The second-order valence-corrected chi connectivity index (χ2v) is 6.43. The molecule has 0 radical (unpaired) electrons. The fourth-order valence-corrected chi connectivity index (χ4v) is 2.77. The predicted molar refractivity (Wildman–Crippen MR) is 121 cm³/mol. The number of morpholine rings is 1. The van der Waals surface area contributed by atoms with Crippen molar-refractivity contribution in [2.24, 2.45) is 10.7 Å². The van der Waals surface area contributed by atoms with Crippen LogP contribution in [0.5, 0.6) is 0 Å². The van der Waals surface area contributed by atoms with Crippen LogP contribution in [0.15, 0.2) is 29.3 Å². The number of carbonyl (C=O) groups is 1. The number of aliphatic imine (C=N–C) groups is 1. The minimum atomic E-state index is 0. The van der Waals surface area contributed by atoms with Crippen LogP contribution in [-0.4, -0.2) is 56.2 Å². The monoisotopic (exact) mass is 489 g/mol. The van der Waals surface area contributed by atoms with Crippen molar-refractivity contribution in [1.82, 2.24) is 10.2 Å². The van der Waals surface area contributed by atoms with Crippen molar-refractivity contribution < 1.29 is 9.53 Å². The number of nitrogens with zero attached hydrogens (tertiary/aromatic N) is 2. The number of hydrogen-bond donors (Lipinski definition) is 3. The van der Waals surface area contributed by atoms with Crippen molar-refractivity contribution in [1.29, 1.82) is 0 Å². The molecule has 0 aromatic heterocycles. The Morgan fingerprint density at radius 2 is 2.11 bits per heavy atom. The fourth-order valence-electron chi connectivity index (χ4n) is 2.77. The minimum Gasteiger partial charge on any atom is -0.379 e. The Balaban J connectivity index is 0.00000364. The summed E-state index contributed by atoms with van der Waals surface area (Å²) in [6, 6.07) is 7.71. The number of amides is 1. The summed E-state index contributed by atoms with van der Waals surface area (Å²) in [6.07, 6.45) is 2.39. The van der Waals surface area contributed by atoms with Crippen molar-refractivity contribution in [3.05, 3.63) is 29.8 Å². The number of nitrogens with two attached hydrogens (primary N) is 1. The molecule has 1 aromatic rings. The second kappa shape index (κ2) is 13.7. The molecule has 27 heavy (non-hydrogen) atoms. The average Bonchev–Trinajstić information content (AvgIpc) is 2.65. The average molecular weight is 489 g/mol. The van der Waals surface area contributed by atoms with Gasteiger partial charge in [-0.25, -0.2) is 4.99 Å². The molecule has 1 aromatic carbocycles. The van der Waals surface area contributed by atoms with Gasteiger partial charge in [0, 0.05) is 31.7 Å². The summed E-state index contributed by atoms with van der Waals surface area (Å²) >= 11 is 0. The van der Waals surface area contributed by atoms with E-state index in [1.54, 1.807) is 0 Å². The maximum Gasteiger partial charge on any atom is 0.224 e. The minimum absolute atomic E-state index is 0. The first kappa shape index (κ1) is 23.6. The number of ether oxygens (including phenoxy) is 1. The number of nitrogens with one attached hydrogen (secondary N) is 2. The van der Waals surface area contributed by atoms with Gasteiger partial charge in [0.25, 0.3) is 0 Å². The summed E-state index contributed by atoms with van der Waals surface area (Å²) in [5.41, 5.74) is 7.75. The third kappa shape index (κ3) is 9.92. The van der Waals surface area contributed by atoms with Crippen LogP contribution in [0, 0.1) is 0 Å². The molecule has 8 heteroatoms. The van der Waals surface area contributed by atoms with E-state index in [1.807, 2.05) is 31.2 Å². The van der Waals surface area contributed by atoms with Gasteiger partial charge in [-0.1, -0.05) is 19.1 Å². The predicted octanol–water partition coefficient (Wildman–Crippen LogP) is 2.17. The van der Waals surface area contributed by atoms with Crippen LogP contribution in [0.2, 0.25) is 0 Å². The largest absolute Gasteiger partial charge is 0.379 e. The molecule has 1 heterocycles. The normalized spacial score (nSPS) is 15.1. The number of rotatable bonds is 9. The first-order valence-corrected chi connectivity index (χ1v) is 9.40. The molecule has 0 saturated carbocycles. The summed E-state index contributed by atoms with van der Waals surface area (Å²) in [7, 11) is 0. The molecule has 0 bridgehead atoms. The van der Waals surface area contributed by atoms with E-state index in [9.17, 15) is 4.79 Å². The van der Waals surface area contributed by atoms with E-state index in [1.165, 1.54) is 0 Å². The molecule has 1 fully saturated rings. The Bertz CT molecular complexity index is 591. The quantitative estimate of drug-likeness (QED) is 0.214. The Hall–Kier alpha value is -1.39. The van der Waals surface area contributed by atoms with E-state index < -0.39 is 0 Å². The summed E-state index contributed by atoms with van der Waals surface area (Å²) in [5, 5.41) is 6.05. The number of anilines is 1. The van der Waals surface area contributed by atoms with Crippen LogP contribution in [0.4, 0.5) is 5.69 Å². The molecule has 2 rings (SSSR count). The molecule has 1 aliphatic rings. The van der Waals surface area contributed by atoms with Crippen molar-refractivity contribution in [3.8, 4) is 0 Å². The summed E-state index contributed by atoms with van der Waals surface area (Å²) in [5.74, 6) is 0.488. The topological polar surface area (TPSA) is 92.0 Å². The van der Waals surface area contributed by atoms with E-state index in [0.717, 1.165) is 63.5 Å². The fraction of sp³-hybridized carbons (Fsp3) is 0.579. The van der Waals surface area contributed by atoms with Crippen LogP contribution in [-0.2, 0) is 16.1 Å². The number of hydrogen-bond acceptors (Lipinski definition) is 4. The lowest BCUT2D eigenvalue weighted by Crippen LogP contribution is -2.39. The molecule has 0 unspecified atom stereocenters. The van der Waals surface area contributed by atoms with Gasteiger partial charge < -0.3 is 21.1 Å². The lowest BCUT2D eigenvalue weighted by molar-refractivity contribution is -0.116. The number of benzene rings is 1. The molecule has 7 nitrogen and oxygen atoms in total. The number of carbonyl (C=O) groups excluding carboxylic acids is 1. The van der Waals surface area contributed by atoms with Gasteiger partial charge in [-0.2, -0.15) is 0 Å². The van der Waals surface area contributed by atoms with Crippen LogP contribution in [0.1, 0.15) is 31.7 Å². The van der Waals surface area contributed by atoms with Crippen LogP contribution in [0.25, 0.3) is 0 Å². The van der Waals surface area contributed by atoms with Crippen molar-refractivity contribution in [2.45, 2.75) is 32.7 Å². The van der Waals surface area contributed by atoms with Gasteiger partial charge in [0.15, 0.2) is 5.96 Å². The maximum atomic E-state index is 11.7. The highest BCUT2D eigenvalue weighted by atomic mass is 127. The SMILES string of the molecule is CCCC(=O)Nc1cccc(CN=C(N)NCCCN2CCOCC2)c1.I. The van der Waals surface area contributed by atoms with Gasteiger partial charge in [0.05, 0.1) is 19.8 Å². The van der Waals surface area contributed by atoms with Gasteiger partial charge in [-0.05, 0) is 37.1 Å². The van der Waals surface area contributed by atoms with Crippen LogP contribution in [0.3, 0.4) is 0 Å². The zero-order chi connectivity index (χ0) is 18.6. The Labute approximate surface area is 179 Å². The van der Waals surface area contributed by atoms with Gasteiger partial charge in [0.2, 0.25) is 5.91 Å². The van der Waals surface area contributed by atoms with Crippen LogP contribution < -0.4 is 16.4 Å². The van der Waals surface area contributed by atoms with Crippen molar-refractivity contribution in [3.63, 3.8) is 0 Å². The molecule has 1 amide bonds. The van der Waals surface area contributed by atoms with E-state index >= 15 is 0 Å². The van der Waals surface area contributed by atoms with Gasteiger partial charge in [-0.3, -0.25) is 9.69 Å². The first-order valence-electron chi connectivity index (χ1n) is 9.40. The third-order valence-electron chi connectivity index (χ3n) is 4.18. The third-order valence-corrected chi connectivity index (χ3v) is 4.18.